The van der Waals surface area contributed by atoms with Crippen LogP contribution in [0.5, 0.6) is 0 Å². The van der Waals surface area contributed by atoms with Gasteiger partial charge in [-0.3, -0.25) is 0 Å². The van der Waals surface area contributed by atoms with E-state index in [2.05, 4.69) is 42.0 Å². The molecule has 0 aliphatic carbocycles. The number of rotatable bonds is 2. The third kappa shape index (κ3) is 2.40. The van der Waals surface area contributed by atoms with Gasteiger partial charge in [-0.05, 0) is 6.92 Å². The predicted molar refractivity (Wildman–Crippen MR) is 57.6 cm³/mol. The maximum Gasteiger partial charge on any atom is 0.204 e. The molecule has 0 atom stereocenters. The first-order valence-electron chi connectivity index (χ1n) is 4.50. The summed E-state index contributed by atoms with van der Waals surface area (Å²) >= 11 is 1.47. The lowest BCUT2D eigenvalue weighted by Crippen LogP contribution is -2.17. The van der Waals surface area contributed by atoms with Crippen LogP contribution in [0, 0.1) is 0 Å². The maximum atomic E-state index is 4.49. The molecule has 3 nitrogen and oxygen atoms in total. The number of hydrogen-bond acceptors (Lipinski definition) is 4. The van der Waals surface area contributed by atoms with Gasteiger partial charge in [0.2, 0.25) is 5.13 Å². The Kier molecular flexibility index (Phi) is 2.91. The van der Waals surface area contributed by atoms with E-state index in [4.69, 9.17) is 0 Å². The lowest BCUT2D eigenvalue weighted by atomic mass is 9.96. The number of anilines is 1. The Labute approximate surface area is 84.0 Å². The van der Waals surface area contributed by atoms with Gasteiger partial charge in [0.05, 0.1) is 0 Å². The van der Waals surface area contributed by atoms with Gasteiger partial charge < -0.3 is 4.90 Å². The highest BCUT2D eigenvalue weighted by Crippen LogP contribution is 2.24. The van der Waals surface area contributed by atoms with Crippen LogP contribution in [-0.4, -0.2) is 22.9 Å². The predicted octanol–water partition coefficient (Wildman–Crippen LogP) is 2.29. The van der Waals surface area contributed by atoms with Crippen LogP contribution >= 0.6 is 11.5 Å². The number of aromatic nitrogens is 2. The van der Waals surface area contributed by atoms with Crippen molar-refractivity contribution in [2.45, 2.75) is 33.1 Å². The van der Waals surface area contributed by atoms with Crippen LogP contribution in [-0.2, 0) is 5.41 Å². The van der Waals surface area contributed by atoms with Gasteiger partial charge in [-0.1, -0.05) is 20.8 Å². The van der Waals surface area contributed by atoms with Gasteiger partial charge in [0.15, 0.2) is 0 Å². The third-order valence-electron chi connectivity index (χ3n) is 1.89. The van der Waals surface area contributed by atoms with Gasteiger partial charge in [0, 0.05) is 30.5 Å². The van der Waals surface area contributed by atoms with Crippen LogP contribution in [0.3, 0.4) is 0 Å². The molecular weight excluding hydrogens is 182 g/mol. The monoisotopic (exact) mass is 199 g/mol. The fraction of sp³-hybridized carbons (Fsp3) is 0.778. The lowest BCUT2D eigenvalue weighted by Gasteiger charge is -2.14. The summed E-state index contributed by atoms with van der Waals surface area (Å²) in [5, 5.41) is 1.01. The van der Waals surface area contributed by atoms with Gasteiger partial charge in [-0.2, -0.15) is 4.37 Å². The summed E-state index contributed by atoms with van der Waals surface area (Å²) in [6, 6.07) is 0. The molecule has 1 aromatic rings. The second-order valence-corrected chi connectivity index (χ2v) is 4.90. The molecular formula is C9H17N3S. The van der Waals surface area contributed by atoms with Gasteiger partial charge in [0.25, 0.3) is 0 Å². The van der Waals surface area contributed by atoms with Gasteiger partial charge >= 0.3 is 0 Å². The zero-order valence-electron chi connectivity index (χ0n) is 8.96. The summed E-state index contributed by atoms with van der Waals surface area (Å²) in [5.41, 5.74) is 0.0589. The fourth-order valence-corrected chi connectivity index (χ4v) is 1.69. The molecule has 13 heavy (non-hydrogen) atoms. The highest BCUT2D eigenvalue weighted by Gasteiger charge is 2.20. The first-order chi connectivity index (χ1) is 5.95. The van der Waals surface area contributed by atoms with Crippen LogP contribution in [0.25, 0.3) is 0 Å². The largest absolute Gasteiger partial charge is 0.350 e. The van der Waals surface area contributed by atoms with Crippen LogP contribution < -0.4 is 4.90 Å². The molecule has 0 aliphatic rings. The summed E-state index contributed by atoms with van der Waals surface area (Å²) in [7, 11) is 2.03. The maximum absolute atomic E-state index is 4.49. The number of hydrogen-bond donors (Lipinski definition) is 0. The smallest absolute Gasteiger partial charge is 0.204 e. The molecule has 74 valence electrons. The lowest BCUT2D eigenvalue weighted by molar-refractivity contribution is 0.554. The molecule has 1 aromatic heterocycles. The van der Waals surface area contributed by atoms with Crippen LogP contribution in [0.4, 0.5) is 5.13 Å². The Morgan fingerprint density at radius 2 is 2.00 bits per heavy atom. The summed E-state index contributed by atoms with van der Waals surface area (Å²) in [6.07, 6.45) is 0. The molecule has 0 unspecified atom stereocenters. The van der Waals surface area contributed by atoms with Crippen LogP contribution in [0.1, 0.15) is 33.5 Å². The van der Waals surface area contributed by atoms with Crippen molar-refractivity contribution in [2.75, 3.05) is 18.5 Å². The van der Waals surface area contributed by atoms with Crippen LogP contribution in [0.15, 0.2) is 0 Å². The van der Waals surface area contributed by atoms with E-state index < -0.39 is 0 Å². The standard InChI is InChI=1S/C9H17N3S/c1-6-12(5)8-10-7(11-13-8)9(2,3)4/h6H2,1-5H3. The summed E-state index contributed by atoms with van der Waals surface area (Å²) in [5.74, 6) is 0.938. The Hall–Kier alpha value is -0.640. The Bertz CT molecular complexity index is 275. The van der Waals surface area contributed by atoms with Crippen molar-refractivity contribution in [3.63, 3.8) is 0 Å². The molecule has 0 radical (unpaired) electrons. The van der Waals surface area contributed by atoms with Crippen molar-refractivity contribution in [3.8, 4) is 0 Å². The molecule has 4 heteroatoms. The SMILES string of the molecule is CCN(C)c1nc(C(C)(C)C)ns1. The second-order valence-electron chi connectivity index (χ2n) is 4.16. The van der Waals surface area contributed by atoms with E-state index in [0.29, 0.717) is 0 Å². The molecule has 1 heterocycles. The Morgan fingerprint density at radius 3 is 2.38 bits per heavy atom. The molecule has 0 spiro atoms. The van der Waals surface area contributed by atoms with Crippen molar-refractivity contribution in [1.82, 2.24) is 9.36 Å². The average Bonchev–Trinajstić information content (AvgIpc) is 2.50. The third-order valence-corrected chi connectivity index (χ3v) is 2.72. The summed E-state index contributed by atoms with van der Waals surface area (Å²) < 4.78 is 4.35. The topological polar surface area (TPSA) is 29.0 Å². The van der Waals surface area contributed by atoms with Crippen molar-refractivity contribution >= 4 is 16.7 Å². The molecule has 0 fully saturated rings. The highest BCUT2D eigenvalue weighted by atomic mass is 32.1. The molecule has 0 bridgehead atoms. The molecule has 0 saturated carbocycles. The van der Waals surface area contributed by atoms with Crippen molar-refractivity contribution in [1.29, 1.82) is 0 Å². The number of nitrogens with zero attached hydrogens (tertiary/aromatic N) is 3. The second kappa shape index (κ2) is 3.62. The molecule has 0 aliphatic heterocycles. The fourth-order valence-electron chi connectivity index (χ4n) is 0.810. The molecule has 0 amide bonds. The van der Waals surface area contributed by atoms with E-state index in [9.17, 15) is 0 Å². The zero-order valence-corrected chi connectivity index (χ0v) is 9.77. The average molecular weight is 199 g/mol. The summed E-state index contributed by atoms with van der Waals surface area (Å²) in [6.45, 7) is 9.47. The van der Waals surface area contributed by atoms with E-state index in [-0.39, 0.29) is 5.41 Å². The van der Waals surface area contributed by atoms with Gasteiger partial charge in [-0.25, -0.2) is 4.98 Å². The molecule has 0 aromatic carbocycles. The minimum atomic E-state index is 0.0589. The van der Waals surface area contributed by atoms with Crippen molar-refractivity contribution in [3.05, 3.63) is 5.82 Å². The molecule has 0 saturated heterocycles. The van der Waals surface area contributed by atoms with E-state index in [1.165, 1.54) is 11.5 Å². The minimum absolute atomic E-state index is 0.0589. The van der Waals surface area contributed by atoms with Crippen molar-refractivity contribution < 1.29 is 0 Å². The minimum Gasteiger partial charge on any atom is -0.350 e. The Balaban J connectivity index is 2.87. The Morgan fingerprint density at radius 1 is 1.38 bits per heavy atom. The van der Waals surface area contributed by atoms with E-state index in [1.54, 1.807) is 0 Å². The van der Waals surface area contributed by atoms with Gasteiger partial charge in [0.1, 0.15) is 5.82 Å². The first kappa shape index (κ1) is 10.4. The normalized spacial score (nSPS) is 11.8. The van der Waals surface area contributed by atoms with Crippen LogP contribution in [0.2, 0.25) is 0 Å². The highest BCUT2D eigenvalue weighted by molar-refractivity contribution is 7.09. The first-order valence-corrected chi connectivity index (χ1v) is 5.28. The van der Waals surface area contributed by atoms with Crippen molar-refractivity contribution in [2.24, 2.45) is 0 Å². The van der Waals surface area contributed by atoms with E-state index >= 15 is 0 Å². The van der Waals surface area contributed by atoms with Gasteiger partial charge in [-0.15, -0.1) is 0 Å². The quantitative estimate of drug-likeness (QED) is 0.732. The zero-order chi connectivity index (χ0) is 10.1. The van der Waals surface area contributed by atoms with E-state index in [1.807, 2.05) is 7.05 Å². The molecule has 0 N–H and O–H groups in total. The summed E-state index contributed by atoms with van der Waals surface area (Å²) in [4.78, 5) is 6.59. The van der Waals surface area contributed by atoms with E-state index in [0.717, 1.165) is 17.5 Å². The molecule has 1 rings (SSSR count).